The van der Waals surface area contributed by atoms with Gasteiger partial charge in [0.2, 0.25) is 0 Å². The van der Waals surface area contributed by atoms with Crippen molar-refractivity contribution in [1.29, 1.82) is 0 Å². The van der Waals surface area contributed by atoms with Crippen LogP contribution in [0.25, 0.3) is 0 Å². The van der Waals surface area contributed by atoms with E-state index in [0.29, 0.717) is 18.2 Å². The van der Waals surface area contributed by atoms with Gasteiger partial charge in [-0.3, -0.25) is 4.90 Å². The molecule has 2 N–H and O–H groups in total. The molecule has 1 heterocycles. The van der Waals surface area contributed by atoms with Crippen LogP contribution in [0.4, 0.5) is 8.78 Å². The first kappa shape index (κ1) is 15.4. The van der Waals surface area contributed by atoms with Crippen molar-refractivity contribution in [2.24, 2.45) is 5.73 Å². The van der Waals surface area contributed by atoms with E-state index in [1.165, 1.54) is 12.1 Å². The standard InChI is InChI=1S/C15H23F2N3/c1-3-12-9-20(7-6-19(12)2)10-15(18)13-5-4-11(16)8-14(13)17/h4-5,8,12,15H,3,6-7,9-10,18H2,1-2H3. The van der Waals surface area contributed by atoms with Crippen LogP contribution >= 0.6 is 0 Å². The van der Waals surface area contributed by atoms with E-state index in [0.717, 1.165) is 32.1 Å². The van der Waals surface area contributed by atoms with Crippen LogP contribution in [-0.4, -0.2) is 49.1 Å². The van der Waals surface area contributed by atoms with Gasteiger partial charge in [0.15, 0.2) is 0 Å². The van der Waals surface area contributed by atoms with Crippen molar-refractivity contribution in [2.45, 2.75) is 25.4 Å². The number of benzene rings is 1. The molecule has 0 radical (unpaired) electrons. The molecule has 1 aliphatic heterocycles. The molecule has 112 valence electrons. The number of halogens is 2. The summed E-state index contributed by atoms with van der Waals surface area (Å²) in [6, 6.07) is 3.71. The van der Waals surface area contributed by atoms with Crippen LogP contribution in [-0.2, 0) is 0 Å². The molecular weight excluding hydrogens is 260 g/mol. The Balaban J connectivity index is 1.99. The number of nitrogens with two attached hydrogens (primary N) is 1. The number of piperazine rings is 1. The molecule has 0 spiro atoms. The summed E-state index contributed by atoms with van der Waals surface area (Å²) in [6.07, 6.45) is 1.09. The molecule has 2 rings (SSSR count). The zero-order chi connectivity index (χ0) is 14.7. The first-order valence-electron chi connectivity index (χ1n) is 7.14. The topological polar surface area (TPSA) is 32.5 Å². The number of rotatable bonds is 4. The highest BCUT2D eigenvalue weighted by Gasteiger charge is 2.24. The van der Waals surface area contributed by atoms with Crippen molar-refractivity contribution >= 4 is 0 Å². The average molecular weight is 283 g/mol. The van der Waals surface area contributed by atoms with Gasteiger partial charge in [-0.2, -0.15) is 0 Å². The monoisotopic (exact) mass is 283 g/mol. The van der Waals surface area contributed by atoms with Crippen molar-refractivity contribution in [2.75, 3.05) is 33.2 Å². The molecule has 2 atom stereocenters. The lowest BCUT2D eigenvalue weighted by molar-refractivity contribution is 0.0887. The molecule has 20 heavy (non-hydrogen) atoms. The van der Waals surface area contributed by atoms with E-state index in [1.54, 1.807) is 0 Å². The summed E-state index contributed by atoms with van der Waals surface area (Å²) in [5.41, 5.74) is 6.47. The van der Waals surface area contributed by atoms with Crippen molar-refractivity contribution in [3.8, 4) is 0 Å². The van der Waals surface area contributed by atoms with Crippen LogP contribution in [0.1, 0.15) is 24.9 Å². The van der Waals surface area contributed by atoms with Gasteiger partial charge in [-0.05, 0) is 19.5 Å². The molecule has 1 aliphatic rings. The van der Waals surface area contributed by atoms with E-state index in [1.807, 2.05) is 0 Å². The molecule has 0 aromatic heterocycles. The lowest BCUT2D eigenvalue weighted by atomic mass is 10.0. The molecule has 1 saturated heterocycles. The Hall–Kier alpha value is -1.04. The predicted molar refractivity (Wildman–Crippen MR) is 76.4 cm³/mol. The van der Waals surface area contributed by atoms with Gasteiger partial charge in [0.25, 0.3) is 0 Å². The highest BCUT2D eigenvalue weighted by atomic mass is 19.1. The van der Waals surface area contributed by atoms with Crippen molar-refractivity contribution < 1.29 is 8.78 Å². The van der Waals surface area contributed by atoms with Gasteiger partial charge in [-0.1, -0.05) is 13.0 Å². The smallest absolute Gasteiger partial charge is 0.130 e. The predicted octanol–water partition coefficient (Wildman–Crippen LogP) is 1.99. The maximum absolute atomic E-state index is 13.7. The minimum atomic E-state index is -0.566. The molecule has 3 nitrogen and oxygen atoms in total. The summed E-state index contributed by atoms with van der Waals surface area (Å²) in [4.78, 5) is 4.61. The third kappa shape index (κ3) is 3.53. The third-order valence-corrected chi connectivity index (χ3v) is 4.15. The summed E-state index contributed by atoms with van der Waals surface area (Å²) < 4.78 is 26.6. The first-order valence-corrected chi connectivity index (χ1v) is 7.14. The summed E-state index contributed by atoms with van der Waals surface area (Å²) >= 11 is 0. The highest BCUT2D eigenvalue weighted by molar-refractivity contribution is 5.22. The van der Waals surface area contributed by atoms with Crippen LogP contribution < -0.4 is 5.73 Å². The number of hydrogen-bond donors (Lipinski definition) is 1. The Morgan fingerprint density at radius 2 is 2.10 bits per heavy atom. The molecule has 1 fully saturated rings. The molecule has 5 heteroatoms. The van der Waals surface area contributed by atoms with Gasteiger partial charge >= 0.3 is 0 Å². The van der Waals surface area contributed by atoms with E-state index in [2.05, 4.69) is 23.8 Å². The van der Waals surface area contributed by atoms with Crippen LogP contribution in [0.3, 0.4) is 0 Å². The van der Waals surface area contributed by atoms with Crippen LogP contribution in [0.2, 0.25) is 0 Å². The van der Waals surface area contributed by atoms with Crippen molar-refractivity contribution in [1.82, 2.24) is 9.80 Å². The fraction of sp³-hybridized carbons (Fsp3) is 0.600. The fourth-order valence-corrected chi connectivity index (χ4v) is 2.80. The molecule has 1 aromatic carbocycles. The number of hydrogen-bond acceptors (Lipinski definition) is 3. The molecule has 1 aromatic rings. The third-order valence-electron chi connectivity index (χ3n) is 4.15. The minimum absolute atomic E-state index is 0.387. The van der Waals surface area contributed by atoms with Gasteiger partial charge < -0.3 is 10.6 Å². The molecule has 0 amide bonds. The maximum Gasteiger partial charge on any atom is 0.130 e. The summed E-state index contributed by atoms with van der Waals surface area (Å²) in [7, 11) is 2.13. The van der Waals surface area contributed by atoms with Crippen LogP contribution in [0.15, 0.2) is 18.2 Å². The Bertz CT molecular complexity index is 453. The van der Waals surface area contributed by atoms with Crippen molar-refractivity contribution in [3.05, 3.63) is 35.4 Å². The summed E-state index contributed by atoms with van der Waals surface area (Å²) in [5.74, 6) is -1.12. The Labute approximate surface area is 119 Å². The maximum atomic E-state index is 13.7. The quantitative estimate of drug-likeness (QED) is 0.917. The van der Waals surface area contributed by atoms with Crippen molar-refractivity contribution in [3.63, 3.8) is 0 Å². The van der Waals surface area contributed by atoms with E-state index in [-0.39, 0.29) is 0 Å². The average Bonchev–Trinajstić information content (AvgIpc) is 2.40. The number of nitrogens with zero attached hydrogens (tertiary/aromatic N) is 2. The second-order valence-corrected chi connectivity index (χ2v) is 5.57. The zero-order valence-corrected chi connectivity index (χ0v) is 12.1. The van der Waals surface area contributed by atoms with Gasteiger partial charge in [0, 0.05) is 49.9 Å². The highest BCUT2D eigenvalue weighted by Crippen LogP contribution is 2.19. The largest absolute Gasteiger partial charge is 0.323 e. The fourth-order valence-electron chi connectivity index (χ4n) is 2.80. The molecular formula is C15H23F2N3. The molecule has 0 aliphatic carbocycles. The molecule has 0 saturated carbocycles. The Morgan fingerprint density at radius 1 is 1.35 bits per heavy atom. The Morgan fingerprint density at radius 3 is 2.75 bits per heavy atom. The van der Waals surface area contributed by atoms with E-state index < -0.39 is 17.7 Å². The van der Waals surface area contributed by atoms with Gasteiger partial charge in [-0.15, -0.1) is 0 Å². The van der Waals surface area contributed by atoms with Gasteiger partial charge in [0.05, 0.1) is 0 Å². The van der Waals surface area contributed by atoms with Crippen LogP contribution in [0, 0.1) is 11.6 Å². The van der Waals surface area contributed by atoms with E-state index >= 15 is 0 Å². The lowest BCUT2D eigenvalue weighted by Crippen LogP contribution is -2.52. The summed E-state index contributed by atoms with van der Waals surface area (Å²) in [5, 5.41) is 0. The zero-order valence-electron chi connectivity index (χ0n) is 12.1. The van der Waals surface area contributed by atoms with E-state index in [9.17, 15) is 8.78 Å². The summed E-state index contributed by atoms with van der Waals surface area (Å²) in [6.45, 7) is 5.65. The number of likely N-dealkylation sites (N-methyl/N-ethyl adjacent to an activating group) is 1. The van der Waals surface area contributed by atoms with Gasteiger partial charge in [0.1, 0.15) is 11.6 Å². The molecule has 0 bridgehead atoms. The second kappa shape index (κ2) is 6.61. The normalized spacial score (nSPS) is 22.9. The SMILES string of the molecule is CCC1CN(CC(N)c2ccc(F)cc2F)CCN1C. The molecule has 2 unspecified atom stereocenters. The minimum Gasteiger partial charge on any atom is -0.323 e. The van der Waals surface area contributed by atoms with Gasteiger partial charge in [-0.25, -0.2) is 8.78 Å². The lowest BCUT2D eigenvalue weighted by Gasteiger charge is -2.40. The second-order valence-electron chi connectivity index (χ2n) is 5.57. The van der Waals surface area contributed by atoms with Crippen LogP contribution in [0.5, 0.6) is 0 Å². The first-order chi connectivity index (χ1) is 9.51. The Kier molecular flexibility index (Phi) is 5.07. The van der Waals surface area contributed by atoms with E-state index in [4.69, 9.17) is 5.73 Å².